The number of hydrogen-bond acceptors (Lipinski definition) is 4. The van der Waals surface area contributed by atoms with Crippen molar-refractivity contribution in [3.8, 4) is 28.5 Å². The molecule has 18 heavy (non-hydrogen) atoms. The Kier molecular flexibility index (Phi) is 3.67. The lowest BCUT2D eigenvalue weighted by Crippen LogP contribution is -1.93. The minimum atomic E-state index is 0.670. The molecule has 0 saturated carbocycles. The van der Waals surface area contributed by atoms with Gasteiger partial charge >= 0.3 is 0 Å². The molecule has 0 aliphatic heterocycles. The van der Waals surface area contributed by atoms with Gasteiger partial charge in [0.2, 0.25) is 0 Å². The number of hydrogen-bond donors (Lipinski definition) is 0. The predicted octanol–water partition coefficient (Wildman–Crippen LogP) is 2.77. The highest BCUT2D eigenvalue weighted by Gasteiger charge is 2.09. The summed E-state index contributed by atoms with van der Waals surface area (Å²) < 4.78 is 15.6. The molecular formula is C14H15NO3. The maximum Gasteiger partial charge on any atom is 0.148 e. The van der Waals surface area contributed by atoms with Gasteiger partial charge in [0.25, 0.3) is 0 Å². The van der Waals surface area contributed by atoms with Gasteiger partial charge in [0.1, 0.15) is 22.9 Å². The van der Waals surface area contributed by atoms with Gasteiger partial charge in [0.05, 0.1) is 27.5 Å². The van der Waals surface area contributed by atoms with Gasteiger partial charge in [-0.15, -0.1) is 0 Å². The molecule has 2 aromatic rings. The second kappa shape index (κ2) is 5.40. The Balaban J connectivity index is 2.42. The van der Waals surface area contributed by atoms with E-state index in [4.69, 9.17) is 14.2 Å². The van der Waals surface area contributed by atoms with E-state index in [2.05, 4.69) is 4.98 Å². The molecule has 1 aromatic heterocycles. The number of aromatic nitrogens is 1. The molecule has 2 rings (SSSR count). The van der Waals surface area contributed by atoms with Gasteiger partial charge in [0, 0.05) is 11.6 Å². The molecule has 0 bridgehead atoms. The van der Waals surface area contributed by atoms with E-state index < -0.39 is 0 Å². The van der Waals surface area contributed by atoms with Gasteiger partial charge < -0.3 is 14.2 Å². The molecule has 0 amide bonds. The summed E-state index contributed by atoms with van der Waals surface area (Å²) in [6.45, 7) is 0. The molecule has 4 heteroatoms. The molecule has 0 fully saturated rings. The zero-order valence-corrected chi connectivity index (χ0v) is 10.6. The Labute approximate surface area is 106 Å². The van der Waals surface area contributed by atoms with Gasteiger partial charge in [-0.25, -0.2) is 4.98 Å². The molecule has 94 valence electrons. The van der Waals surface area contributed by atoms with Crippen molar-refractivity contribution in [1.82, 2.24) is 4.98 Å². The highest BCUT2D eigenvalue weighted by Crippen LogP contribution is 2.31. The SMILES string of the molecule is COc1ccc(-c2ncc(OC)cc2OC)cc1. The monoisotopic (exact) mass is 245 g/mol. The van der Waals surface area contributed by atoms with E-state index >= 15 is 0 Å². The standard InChI is InChI=1S/C14H15NO3/c1-16-11-6-4-10(5-7-11)14-13(18-3)8-12(17-2)9-15-14/h4-9H,1-3H3. The average Bonchev–Trinajstić information content (AvgIpc) is 2.46. The molecule has 4 nitrogen and oxygen atoms in total. The van der Waals surface area contributed by atoms with E-state index in [1.54, 1.807) is 27.5 Å². The summed E-state index contributed by atoms with van der Waals surface area (Å²) in [6.07, 6.45) is 1.67. The summed E-state index contributed by atoms with van der Waals surface area (Å²) in [5.41, 5.74) is 1.75. The van der Waals surface area contributed by atoms with Crippen molar-refractivity contribution in [2.24, 2.45) is 0 Å². The third-order valence-electron chi connectivity index (χ3n) is 2.65. The van der Waals surface area contributed by atoms with Crippen molar-refractivity contribution in [2.75, 3.05) is 21.3 Å². The first-order valence-electron chi connectivity index (χ1n) is 5.51. The summed E-state index contributed by atoms with van der Waals surface area (Å²) in [5, 5.41) is 0. The average molecular weight is 245 g/mol. The summed E-state index contributed by atoms with van der Waals surface area (Å²) in [5.74, 6) is 2.16. The number of benzene rings is 1. The van der Waals surface area contributed by atoms with Gasteiger partial charge in [-0.3, -0.25) is 0 Å². The first kappa shape index (κ1) is 12.2. The quantitative estimate of drug-likeness (QED) is 0.830. The Morgan fingerprint density at radius 2 is 1.50 bits per heavy atom. The Morgan fingerprint density at radius 3 is 2.06 bits per heavy atom. The Hall–Kier alpha value is -2.23. The summed E-state index contributed by atoms with van der Waals surface area (Å²) in [7, 11) is 4.86. The van der Waals surface area contributed by atoms with Crippen molar-refractivity contribution in [3.05, 3.63) is 36.5 Å². The fourth-order valence-electron chi connectivity index (χ4n) is 1.66. The third kappa shape index (κ3) is 2.37. The number of ether oxygens (including phenoxy) is 3. The van der Waals surface area contributed by atoms with Crippen molar-refractivity contribution in [2.45, 2.75) is 0 Å². The molecule has 0 spiro atoms. The van der Waals surface area contributed by atoms with Crippen LogP contribution in [0.4, 0.5) is 0 Å². The van der Waals surface area contributed by atoms with Gasteiger partial charge in [-0.1, -0.05) is 0 Å². The minimum absolute atomic E-state index is 0.670. The van der Waals surface area contributed by atoms with Crippen molar-refractivity contribution >= 4 is 0 Å². The largest absolute Gasteiger partial charge is 0.497 e. The Morgan fingerprint density at radius 1 is 0.833 bits per heavy atom. The molecule has 1 aromatic carbocycles. The predicted molar refractivity (Wildman–Crippen MR) is 69.3 cm³/mol. The topological polar surface area (TPSA) is 40.6 Å². The van der Waals surface area contributed by atoms with E-state index in [0.29, 0.717) is 11.5 Å². The van der Waals surface area contributed by atoms with Crippen LogP contribution in [0.3, 0.4) is 0 Å². The third-order valence-corrected chi connectivity index (χ3v) is 2.65. The van der Waals surface area contributed by atoms with Crippen molar-refractivity contribution in [1.29, 1.82) is 0 Å². The van der Waals surface area contributed by atoms with E-state index in [1.807, 2.05) is 30.3 Å². The fourth-order valence-corrected chi connectivity index (χ4v) is 1.66. The highest BCUT2D eigenvalue weighted by molar-refractivity contribution is 5.67. The highest BCUT2D eigenvalue weighted by atomic mass is 16.5. The molecule has 0 aliphatic rings. The fraction of sp³-hybridized carbons (Fsp3) is 0.214. The van der Waals surface area contributed by atoms with Crippen LogP contribution in [0.25, 0.3) is 11.3 Å². The van der Waals surface area contributed by atoms with Crippen LogP contribution in [0.5, 0.6) is 17.2 Å². The number of rotatable bonds is 4. The zero-order valence-electron chi connectivity index (χ0n) is 10.6. The van der Waals surface area contributed by atoms with Crippen molar-refractivity contribution in [3.63, 3.8) is 0 Å². The van der Waals surface area contributed by atoms with Crippen LogP contribution in [0.15, 0.2) is 36.5 Å². The van der Waals surface area contributed by atoms with Crippen molar-refractivity contribution < 1.29 is 14.2 Å². The normalized spacial score (nSPS) is 9.94. The summed E-state index contributed by atoms with van der Waals surface area (Å²) >= 11 is 0. The lowest BCUT2D eigenvalue weighted by molar-refractivity contribution is 0.392. The van der Waals surface area contributed by atoms with E-state index in [0.717, 1.165) is 17.0 Å². The van der Waals surface area contributed by atoms with Gasteiger partial charge in [-0.05, 0) is 24.3 Å². The van der Waals surface area contributed by atoms with Crippen LogP contribution >= 0.6 is 0 Å². The molecule has 0 radical (unpaired) electrons. The lowest BCUT2D eigenvalue weighted by Gasteiger charge is -2.09. The first-order valence-corrected chi connectivity index (χ1v) is 5.51. The van der Waals surface area contributed by atoms with Crippen LogP contribution in [0, 0.1) is 0 Å². The smallest absolute Gasteiger partial charge is 0.148 e. The molecule has 1 heterocycles. The molecule has 0 aliphatic carbocycles. The number of nitrogens with zero attached hydrogens (tertiary/aromatic N) is 1. The summed E-state index contributed by atoms with van der Waals surface area (Å²) in [4.78, 5) is 4.36. The van der Waals surface area contributed by atoms with Gasteiger partial charge in [0.15, 0.2) is 0 Å². The van der Waals surface area contributed by atoms with Crippen LogP contribution in [-0.2, 0) is 0 Å². The second-order valence-corrected chi connectivity index (χ2v) is 3.65. The molecule has 0 N–H and O–H groups in total. The first-order chi connectivity index (χ1) is 8.78. The van der Waals surface area contributed by atoms with Crippen LogP contribution in [0.2, 0.25) is 0 Å². The number of methoxy groups -OCH3 is 3. The second-order valence-electron chi connectivity index (χ2n) is 3.65. The lowest BCUT2D eigenvalue weighted by atomic mass is 10.1. The summed E-state index contributed by atoms with van der Waals surface area (Å²) in [6, 6.07) is 9.47. The molecule has 0 atom stereocenters. The maximum absolute atomic E-state index is 5.33. The molecular weight excluding hydrogens is 230 g/mol. The van der Waals surface area contributed by atoms with E-state index in [-0.39, 0.29) is 0 Å². The van der Waals surface area contributed by atoms with Crippen LogP contribution < -0.4 is 14.2 Å². The van der Waals surface area contributed by atoms with Gasteiger partial charge in [-0.2, -0.15) is 0 Å². The molecule has 0 saturated heterocycles. The minimum Gasteiger partial charge on any atom is -0.497 e. The Bertz CT molecular complexity index is 523. The van der Waals surface area contributed by atoms with Crippen LogP contribution in [0.1, 0.15) is 0 Å². The van der Waals surface area contributed by atoms with E-state index in [9.17, 15) is 0 Å². The zero-order chi connectivity index (χ0) is 13.0. The number of pyridine rings is 1. The van der Waals surface area contributed by atoms with Crippen LogP contribution in [-0.4, -0.2) is 26.3 Å². The molecule has 0 unspecified atom stereocenters. The maximum atomic E-state index is 5.33. The van der Waals surface area contributed by atoms with E-state index in [1.165, 1.54) is 0 Å².